The highest BCUT2D eigenvalue weighted by Crippen LogP contribution is 2.48. The van der Waals surface area contributed by atoms with Crippen molar-refractivity contribution in [3.05, 3.63) is 16.4 Å². The zero-order chi connectivity index (χ0) is 10.3. The van der Waals surface area contributed by atoms with Crippen LogP contribution in [0.5, 0.6) is 0 Å². The second kappa shape index (κ2) is 3.19. The van der Waals surface area contributed by atoms with E-state index in [1.54, 1.807) is 17.9 Å². The van der Waals surface area contributed by atoms with E-state index in [-0.39, 0.29) is 11.2 Å². The van der Waals surface area contributed by atoms with Gasteiger partial charge in [0.25, 0.3) is 0 Å². The summed E-state index contributed by atoms with van der Waals surface area (Å²) in [7, 11) is 1.80. The third-order valence-corrected chi connectivity index (χ3v) is 3.43. The number of halogens is 1. The van der Waals surface area contributed by atoms with E-state index in [9.17, 15) is 4.79 Å². The zero-order valence-electron chi connectivity index (χ0n) is 8.38. The molecule has 1 fully saturated rings. The summed E-state index contributed by atoms with van der Waals surface area (Å²) in [5.74, 6) is 0.192. The molecule has 0 atom stereocenters. The molecule has 0 spiro atoms. The Labute approximate surface area is 91.6 Å². The predicted molar refractivity (Wildman–Crippen MR) is 57.2 cm³/mol. The van der Waals surface area contributed by atoms with Gasteiger partial charge in [-0.05, 0) is 34.2 Å². The van der Waals surface area contributed by atoms with Crippen LogP contribution in [0, 0.1) is 5.41 Å². The number of nitrogens with zero attached hydrogens (tertiary/aromatic N) is 2. The van der Waals surface area contributed by atoms with Crippen LogP contribution in [-0.2, 0) is 7.05 Å². The summed E-state index contributed by atoms with van der Waals surface area (Å²) in [5.41, 5.74) is 0.957. The van der Waals surface area contributed by atoms with E-state index in [1.165, 1.54) is 12.8 Å². The molecule has 0 N–H and O–H groups in total. The van der Waals surface area contributed by atoms with Gasteiger partial charge in [0.2, 0.25) is 0 Å². The van der Waals surface area contributed by atoms with Crippen LogP contribution in [0.1, 0.15) is 36.7 Å². The average Bonchev–Trinajstić information content (AvgIpc) is 2.70. The largest absolute Gasteiger partial charge is 0.292 e. The average molecular weight is 257 g/mol. The maximum atomic E-state index is 11.9. The van der Waals surface area contributed by atoms with Crippen molar-refractivity contribution in [3.8, 4) is 0 Å². The maximum absolute atomic E-state index is 11.9. The predicted octanol–water partition coefficient (Wildman–Crippen LogP) is 2.56. The molecule has 1 aliphatic carbocycles. The molecule has 4 heteroatoms. The van der Waals surface area contributed by atoms with E-state index < -0.39 is 0 Å². The Morgan fingerprint density at radius 2 is 2.36 bits per heavy atom. The molecule has 1 heterocycles. The Bertz CT molecular complexity index is 360. The van der Waals surface area contributed by atoms with Gasteiger partial charge in [-0.3, -0.25) is 9.48 Å². The third-order valence-electron chi connectivity index (χ3n) is 2.85. The summed E-state index contributed by atoms with van der Waals surface area (Å²) in [5, 5.41) is 4.04. The topological polar surface area (TPSA) is 34.9 Å². The lowest BCUT2D eigenvalue weighted by atomic mass is 10.0. The maximum Gasteiger partial charge on any atom is 0.182 e. The van der Waals surface area contributed by atoms with Gasteiger partial charge < -0.3 is 0 Å². The van der Waals surface area contributed by atoms with Crippen molar-refractivity contribution >= 4 is 21.7 Å². The van der Waals surface area contributed by atoms with Crippen molar-refractivity contribution in [1.29, 1.82) is 0 Å². The minimum absolute atomic E-state index is 0.192. The van der Waals surface area contributed by atoms with Gasteiger partial charge >= 0.3 is 0 Å². The minimum Gasteiger partial charge on any atom is -0.292 e. The highest BCUT2D eigenvalue weighted by Gasteiger charge is 2.40. The minimum atomic E-state index is 0.192. The van der Waals surface area contributed by atoms with Crippen LogP contribution < -0.4 is 0 Å². The molecule has 0 bridgehead atoms. The molecule has 0 saturated heterocycles. The third kappa shape index (κ3) is 1.75. The smallest absolute Gasteiger partial charge is 0.182 e. The summed E-state index contributed by atoms with van der Waals surface area (Å²) in [6, 6.07) is 0. The van der Waals surface area contributed by atoms with Crippen molar-refractivity contribution in [1.82, 2.24) is 9.78 Å². The van der Waals surface area contributed by atoms with E-state index in [2.05, 4.69) is 28.0 Å². The highest BCUT2D eigenvalue weighted by molar-refractivity contribution is 9.10. The highest BCUT2D eigenvalue weighted by atomic mass is 79.9. The van der Waals surface area contributed by atoms with Gasteiger partial charge in [-0.15, -0.1) is 0 Å². The Kier molecular flexibility index (Phi) is 2.26. The van der Waals surface area contributed by atoms with Gasteiger partial charge in [0.05, 0.1) is 10.7 Å². The van der Waals surface area contributed by atoms with Gasteiger partial charge in [0, 0.05) is 13.5 Å². The summed E-state index contributed by atoms with van der Waals surface area (Å²) >= 11 is 3.34. The van der Waals surface area contributed by atoms with Crippen LogP contribution in [0.3, 0.4) is 0 Å². The molecule has 1 aliphatic rings. The molecule has 0 amide bonds. The van der Waals surface area contributed by atoms with E-state index >= 15 is 0 Å². The lowest BCUT2D eigenvalue weighted by Crippen LogP contribution is -2.11. The molecule has 1 saturated carbocycles. The molecule has 76 valence electrons. The summed E-state index contributed by atoms with van der Waals surface area (Å²) in [6.07, 6.45) is 4.66. The van der Waals surface area contributed by atoms with Crippen molar-refractivity contribution < 1.29 is 4.79 Å². The molecule has 0 radical (unpaired) electrons. The Balaban J connectivity index is 2.18. The monoisotopic (exact) mass is 256 g/mol. The quantitative estimate of drug-likeness (QED) is 0.780. The number of ketones is 1. The SMILES string of the molecule is Cn1ncc(Br)c1C(=O)CC1(C)CC1. The molecule has 2 rings (SSSR count). The Morgan fingerprint density at radius 3 is 2.79 bits per heavy atom. The van der Waals surface area contributed by atoms with Gasteiger partial charge in [0.15, 0.2) is 5.78 Å². The standard InChI is InChI=1S/C10H13BrN2O/c1-10(3-4-10)5-8(14)9-7(11)6-12-13(9)2/h6H,3-5H2,1-2H3. The number of carbonyl (C=O) groups excluding carboxylic acids is 1. The normalized spacial score (nSPS) is 18.2. The first-order chi connectivity index (χ1) is 6.52. The fraction of sp³-hybridized carbons (Fsp3) is 0.600. The molecular formula is C10H13BrN2O. The molecule has 1 aromatic rings. The van der Waals surface area contributed by atoms with E-state index in [4.69, 9.17) is 0 Å². The van der Waals surface area contributed by atoms with Crippen LogP contribution in [0.4, 0.5) is 0 Å². The first-order valence-electron chi connectivity index (χ1n) is 4.73. The molecular weight excluding hydrogens is 244 g/mol. The molecule has 0 aliphatic heterocycles. The van der Waals surface area contributed by atoms with Gasteiger partial charge in [-0.2, -0.15) is 5.10 Å². The Hall–Kier alpha value is -0.640. The molecule has 0 aromatic carbocycles. The van der Waals surface area contributed by atoms with Gasteiger partial charge in [-0.1, -0.05) is 6.92 Å². The molecule has 0 unspecified atom stereocenters. The molecule has 14 heavy (non-hydrogen) atoms. The van der Waals surface area contributed by atoms with Crippen LogP contribution in [0.25, 0.3) is 0 Å². The van der Waals surface area contributed by atoms with Crippen molar-refractivity contribution in [2.45, 2.75) is 26.2 Å². The Morgan fingerprint density at radius 1 is 1.71 bits per heavy atom. The zero-order valence-corrected chi connectivity index (χ0v) is 9.97. The lowest BCUT2D eigenvalue weighted by molar-refractivity contribution is 0.0949. The number of aryl methyl sites for hydroxylation is 1. The number of hydrogen-bond donors (Lipinski definition) is 0. The lowest BCUT2D eigenvalue weighted by Gasteiger charge is -2.07. The number of hydrogen-bond acceptors (Lipinski definition) is 2. The molecule has 3 nitrogen and oxygen atoms in total. The fourth-order valence-electron chi connectivity index (χ4n) is 1.59. The van der Waals surface area contributed by atoms with E-state index in [0.717, 1.165) is 4.47 Å². The van der Waals surface area contributed by atoms with E-state index in [0.29, 0.717) is 12.1 Å². The van der Waals surface area contributed by atoms with Crippen LogP contribution in [-0.4, -0.2) is 15.6 Å². The first-order valence-corrected chi connectivity index (χ1v) is 5.52. The van der Waals surface area contributed by atoms with Crippen LogP contribution >= 0.6 is 15.9 Å². The van der Waals surface area contributed by atoms with E-state index in [1.807, 2.05) is 0 Å². The van der Waals surface area contributed by atoms with Crippen molar-refractivity contribution in [2.24, 2.45) is 12.5 Å². The molecule has 1 aromatic heterocycles. The number of rotatable bonds is 3. The first kappa shape index (κ1) is 9.90. The van der Waals surface area contributed by atoms with Crippen LogP contribution in [0.15, 0.2) is 10.7 Å². The van der Waals surface area contributed by atoms with Crippen LogP contribution in [0.2, 0.25) is 0 Å². The van der Waals surface area contributed by atoms with Crippen molar-refractivity contribution in [2.75, 3.05) is 0 Å². The second-order valence-corrected chi connectivity index (χ2v) is 5.23. The second-order valence-electron chi connectivity index (χ2n) is 4.38. The summed E-state index contributed by atoms with van der Waals surface area (Å²) in [6.45, 7) is 2.16. The van der Waals surface area contributed by atoms with Crippen molar-refractivity contribution in [3.63, 3.8) is 0 Å². The number of Topliss-reactive ketones (excluding diaryl/α,β-unsaturated/α-hetero) is 1. The van der Waals surface area contributed by atoms with Gasteiger partial charge in [0.1, 0.15) is 5.69 Å². The van der Waals surface area contributed by atoms with Gasteiger partial charge in [-0.25, -0.2) is 0 Å². The fourth-order valence-corrected chi connectivity index (χ4v) is 2.16. The summed E-state index contributed by atoms with van der Waals surface area (Å²) < 4.78 is 2.44. The number of aromatic nitrogens is 2. The number of carbonyl (C=O) groups is 1. The summed E-state index contributed by atoms with van der Waals surface area (Å²) in [4.78, 5) is 11.9.